The highest BCUT2D eigenvalue weighted by Gasteiger charge is 2.09. The van der Waals surface area contributed by atoms with Crippen molar-refractivity contribution in [2.45, 2.75) is 40.2 Å². The van der Waals surface area contributed by atoms with Crippen LogP contribution in [0.2, 0.25) is 0 Å². The van der Waals surface area contributed by atoms with Gasteiger partial charge in [0.1, 0.15) is 0 Å². The molecule has 0 amide bonds. The predicted molar refractivity (Wildman–Crippen MR) is 57.2 cm³/mol. The minimum Gasteiger partial charge on any atom is -0.360 e. The van der Waals surface area contributed by atoms with Crippen LogP contribution in [0, 0.1) is 0 Å². The molecule has 0 atom stereocenters. The molecule has 3 heteroatoms. The van der Waals surface area contributed by atoms with Crippen LogP contribution in [0.3, 0.4) is 0 Å². The van der Waals surface area contributed by atoms with Crippen molar-refractivity contribution in [1.29, 1.82) is 0 Å². The topological polar surface area (TPSA) is 29.3 Å². The van der Waals surface area contributed by atoms with E-state index in [4.69, 9.17) is 4.52 Å². The van der Waals surface area contributed by atoms with E-state index in [1.54, 1.807) is 0 Å². The molecule has 1 heterocycles. The van der Waals surface area contributed by atoms with Gasteiger partial charge in [-0.25, -0.2) is 0 Å². The van der Waals surface area contributed by atoms with Crippen molar-refractivity contribution >= 4 is 0 Å². The summed E-state index contributed by atoms with van der Waals surface area (Å²) in [5.41, 5.74) is 1.05. The van der Waals surface area contributed by atoms with E-state index in [0.717, 1.165) is 31.1 Å². The van der Waals surface area contributed by atoms with E-state index in [1.165, 1.54) is 0 Å². The fourth-order valence-electron chi connectivity index (χ4n) is 1.34. The molecule has 1 rings (SSSR count). The lowest BCUT2D eigenvalue weighted by molar-refractivity contribution is 0.251. The average Bonchev–Trinajstić information content (AvgIpc) is 2.62. The van der Waals surface area contributed by atoms with Crippen LogP contribution >= 0.6 is 0 Å². The molecule has 14 heavy (non-hydrogen) atoms. The average molecular weight is 196 g/mol. The minimum atomic E-state index is 0.448. The molecular formula is C11H20N2O. The summed E-state index contributed by atoms with van der Waals surface area (Å²) in [5.74, 6) is 1.42. The summed E-state index contributed by atoms with van der Waals surface area (Å²) in [5, 5.41) is 4.04. The normalized spacial score (nSPS) is 11.6. The fraction of sp³-hybridized carbons (Fsp3) is 0.727. The van der Waals surface area contributed by atoms with Gasteiger partial charge in [-0.1, -0.05) is 32.9 Å². The smallest absolute Gasteiger partial charge is 0.150 e. The summed E-state index contributed by atoms with van der Waals surface area (Å²) in [4.78, 5) is 2.31. The summed E-state index contributed by atoms with van der Waals surface area (Å²) in [6, 6.07) is 2.06. The van der Waals surface area contributed by atoms with Crippen molar-refractivity contribution in [2.24, 2.45) is 0 Å². The van der Waals surface area contributed by atoms with Gasteiger partial charge in [-0.05, 0) is 19.0 Å². The highest BCUT2D eigenvalue weighted by atomic mass is 16.5. The molecule has 0 radical (unpaired) electrons. The second-order valence-corrected chi connectivity index (χ2v) is 3.83. The third-order valence-electron chi connectivity index (χ3n) is 2.44. The molecule has 0 spiro atoms. The van der Waals surface area contributed by atoms with Crippen LogP contribution < -0.4 is 0 Å². The van der Waals surface area contributed by atoms with Gasteiger partial charge in [-0.15, -0.1) is 0 Å². The van der Waals surface area contributed by atoms with Crippen molar-refractivity contribution in [1.82, 2.24) is 10.1 Å². The molecule has 1 aromatic rings. The number of rotatable bonds is 5. The molecule has 0 fully saturated rings. The Labute approximate surface area is 86.1 Å². The van der Waals surface area contributed by atoms with Crippen LogP contribution in [0.5, 0.6) is 0 Å². The first-order valence-corrected chi connectivity index (χ1v) is 5.35. The van der Waals surface area contributed by atoms with Crippen LogP contribution in [0.25, 0.3) is 0 Å². The van der Waals surface area contributed by atoms with Gasteiger partial charge in [-0.3, -0.25) is 4.90 Å². The maximum atomic E-state index is 5.27. The fourth-order valence-corrected chi connectivity index (χ4v) is 1.34. The van der Waals surface area contributed by atoms with Crippen LogP contribution in [0.4, 0.5) is 0 Å². The van der Waals surface area contributed by atoms with E-state index in [2.05, 4.69) is 43.8 Å². The summed E-state index contributed by atoms with van der Waals surface area (Å²) >= 11 is 0. The van der Waals surface area contributed by atoms with Crippen LogP contribution in [0.1, 0.15) is 45.1 Å². The Morgan fingerprint density at radius 3 is 2.43 bits per heavy atom. The Hall–Kier alpha value is -0.830. The number of nitrogens with zero attached hydrogens (tertiary/aromatic N) is 2. The molecule has 0 bridgehead atoms. The van der Waals surface area contributed by atoms with Gasteiger partial charge >= 0.3 is 0 Å². The molecule has 0 saturated heterocycles. The number of hydrogen-bond donors (Lipinski definition) is 0. The lowest BCUT2D eigenvalue weighted by atomic mass is 10.1. The molecule has 80 valence electrons. The third kappa shape index (κ3) is 2.84. The second kappa shape index (κ2) is 5.15. The van der Waals surface area contributed by atoms with Crippen molar-refractivity contribution in [3.8, 4) is 0 Å². The molecule has 3 nitrogen and oxygen atoms in total. The Morgan fingerprint density at radius 2 is 2.00 bits per heavy atom. The van der Waals surface area contributed by atoms with Crippen molar-refractivity contribution < 1.29 is 4.52 Å². The molecule has 0 aliphatic rings. The zero-order valence-corrected chi connectivity index (χ0v) is 9.58. The molecule has 0 unspecified atom stereocenters. The minimum absolute atomic E-state index is 0.448. The summed E-state index contributed by atoms with van der Waals surface area (Å²) < 4.78 is 5.27. The summed E-state index contributed by atoms with van der Waals surface area (Å²) in [7, 11) is 0. The van der Waals surface area contributed by atoms with Crippen LogP contribution in [0.15, 0.2) is 10.6 Å². The lowest BCUT2D eigenvalue weighted by Crippen LogP contribution is -2.21. The second-order valence-electron chi connectivity index (χ2n) is 3.83. The highest BCUT2D eigenvalue weighted by molar-refractivity contribution is 5.08. The maximum Gasteiger partial charge on any atom is 0.150 e. The number of aromatic nitrogens is 1. The zero-order chi connectivity index (χ0) is 10.6. The van der Waals surface area contributed by atoms with Gasteiger partial charge in [0.2, 0.25) is 0 Å². The van der Waals surface area contributed by atoms with Gasteiger partial charge in [0.15, 0.2) is 5.76 Å². The molecule has 0 aromatic carbocycles. The maximum absolute atomic E-state index is 5.27. The summed E-state index contributed by atoms with van der Waals surface area (Å²) in [6.45, 7) is 11.5. The van der Waals surface area contributed by atoms with Gasteiger partial charge in [-0.2, -0.15) is 0 Å². The predicted octanol–water partition coefficient (Wildman–Crippen LogP) is 2.64. The Balaban J connectivity index is 2.58. The van der Waals surface area contributed by atoms with Crippen molar-refractivity contribution in [3.05, 3.63) is 17.5 Å². The van der Waals surface area contributed by atoms with E-state index in [1.807, 2.05) is 0 Å². The zero-order valence-electron chi connectivity index (χ0n) is 9.58. The van der Waals surface area contributed by atoms with E-state index in [9.17, 15) is 0 Å². The van der Waals surface area contributed by atoms with Crippen molar-refractivity contribution in [2.75, 3.05) is 13.1 Å². The largest absolute Gasteiger partial charge is 0.360 e. The van der Waals surface area contributed by atoms with E-state index >= 15 is 0 Å². The lowest BCUT2D eigenvalue weighted by Gasteiger charge is -2.15. The van der Waals surface area contributed by atoms with Gasteiger partial charge in [0.05, 0.1) is 12.2 Å². The summed E-state index contributed by atoms with van der Waals surface area (Å²) in [6.07, 6.45) is 0. The molecular weight excluding hydrogens is 176 g/mol. The van der Waals surface area contributed by atoms with E-state index < -0.39 is 0 Å². The van der Waals surface area contributed by atoms with Crippen LogP contribution in [-0.4, -0.2) is 23.1 Å². The van der Waals surface area contributed by atoms with E-state index in [-0.39, 0.29) is 0 Å². The third-order valence-corrected chi connectivity index (χ3v) is 2.44. The monoisotopic (exact) mass is 196 g/mol. The molecule has 0 aliphatic carbocycles. The Bertz CT molecular complexity index is 264. The molecule has 0 N–H and O–H groups in total. The first-order chi connectivity index (χ1) is 6.67. The highest BCUT2D eigenvalue weighted by Crippen LogP contribution is 2.15. The van der Waals surface area contributed by atoms with Crippen molar-refractivity contribution in [3.63, 3.8) is 0 Å². The SMILES string of the molecule is CCN(CC)Cc1cc(C(C)C)no1. The Morgan fingerprint density at radius 1 is 1.36 bits per heavy atom. The standard InChI is InChI=1S/C11H20N2O/c1-5-13(6-2)8-10-7-11(9(3)4)12-14-10/h7,9H,5-6,8H2,1-4H3. The first kappa shape index (κ1) is 11.2. The quantitative estimate of drug-likeness (QED) is 0.725. The molecule has 0 aliphatic heterocycles. The Kier molecular flexibility index (Phi) is 4.14. The van der Waals surface area contributed by atoms with Gasteiger partial charge < -0.3 is 4.52 Å². The number of hydrogen-bond acceptors (Lipinski definition) is 3. The van der Waals surface area contributed by atoms with Gasteiger partial charge in [0.25, 0.3) is 0 Å². The van der Waals surface area contributed by atoms with Gasteiger partial charge in [0, 0.05) is 6.07 Å². The molecule has 0 saturated carbocycles. The molecule has 1 aromatic heterocycles. The van der Waals surface area contributed by atoms with Crippen LogP contribution in [-0.2, 0) is 6.54 Å². The van der Waals surface area contributed by atoms with E-state index in [0.29, 0.717) is 5.92 Å². The first-order valence-electron chi connectivity index (χ1n) is 5.35.